The van der Waals surface area contributed by atoms with Crippen LogP contribution in [0.1, 0.15) is 69.2 Å². The van der Waals surface area contributed by atoms with Crippen LogP contribution < -0.4 is 30.6 Å². The first-order valence-electron chi connectivity index (χ1n) is 7.38. The smallest absolute Gasteiger partial charge is 0.852 e. The second-order valence-electron chi connectivity index (χ2n) is 5.18. The minimum absolute atomic E-state index is 0. The van der Waals surface area contributed by atoms with Crippen molar-refractivity contribution in [3.05, 3.63) is 0 Å². The summed E-state index contributed by atoms with van der Waals surface area (Å²) in [5.74, 6) is -2.17. The molecule has 0 bridgehead atoms. The molecule has 0 spiro atoms. The van der Waals surface area contributed by atoms with E-state index in [0.717, 1.165) is 13.8 Å². The van der Waals surface area contributed by atoms with Crippen molar-refractivity contribution in [2.75, 3.05) is 0 Å². The number of carboxylic acid groups (broad SMARTS) is 2. The van der Waals surface area contributed by atoms with Gasteiger partial charge < -0.3 is 40.2 Å². The van der Waals surface area contributed by atoms with Crippen molar-refractivity contribution in [1.82, 2.24) is 0 Å². The van der Waals surface area contributed by atoms with E-state index in [2.05, 4.69) is 0 Å². The van der Waals surface area contributed by atoms with Gasteiger partial charge in [-0.25, -0.2) is 0 Å². The third-order valence-corrected chi connectivity index (χ3v) is 0. The number of carboxylic acids is 2. The molecule has 8 nitrogen and oxygen atoms in total. The summed E-state index contributed by atoms with van der Waals surface area (Å²) in [7, 11) is 0. The molecule has 26 heavy (non-hydrogen) atoms. The predicted molar refractivity (Wildman–Crippen MR) is 81.9 cm³/mol. The van der Waals surface area contributed by atoms with E-state index in [4.69, 9.17) is 19.8 Å². The maximum atomic E-state index is 9.53. The quantitative estimate of drug-likeness (QED) is 0.330. The summed E-state index contributed by atoms with van der Waals surface area (Å²) in [5.41, 5.74) is 0. The fourth-order valence-electron chi connectivity index (χ4n) is 0. The van der Waals surface area contributed by atoms with Crippen LogP contribution in [0.2, 0.25) is 0 Å². The topological polar surface area (TPSA) is 172 Å². The van der Waals surface area contributed by atoms with E-state index in [-0.39, 0.29) is 41.2 Å². The molecule has 10 heteroatoms. The summed E-state index contributed by atoms with van der Waals surface area (Å²) in [4.78, 5) is 17.8. The van der Waals surface area contributed by atoms with Crippen molar-refractivity contribution in [1.29, 1.82) is 0 Å². The van der Waals surface area contributed by atoms with Gasteiger partial charge in [-0.1, -0.05) is 55.4 Å². The zero-order valence-electron chi connectivity index (χ0n) is 17.8. The molecule has 0 aromatic rings. The van der Waals surface area contributed by atoms with Gasteiger partial charge >= 0.3 is 41.2 Å². The molecule has 0 fully saturated rings. The molecule has 152 valence electrons. The zero-order valence-corrected chi connectivity index (χ0v) is 22.3. The standard InChI is InChI=1S/4C3H7O.2C2H4O2.Ti.Zn/c4*1-3(2)4;2*1-2(3)4;;/h4*3H,1-2H3;2*1H3,(H,3,4);;/q4*-1;;;+4;+2/p-2. The van der Waals surface area contributed by atoms with Crippen LogP contribution in [0.15, 0.2) is 0 Å². The Bertz CT molecular complexity index is 183. The van der Waals surface area contributed by atoms with Crippen LogP contribution in [0.3, 0.4) is 0 Å². The number of carbonyl (C=O) groups is 2. The van der Waals surface area contributed by atoms with Gasteiger partial charge in [0, 0.05) is 11.9 Å². The maximum Gasteiger partial charge on any atom is 4.00 e. The first-order chi connectivity index (χ1) is 10.4. The first kappa shape index (κ1) is 50.2. The van der Waals surface area contributed by atoms with Crippen molar-refractivity contribution in [3.63, 3.8) is 0 Å². The molecule has 0 aromatic heterocycles. The molecule has 0 aliphatic rings. The van der Waals surface area contributed by atoms with E-state index in [0.29, 0.717) is 0 Å². The van der Waals surface area contributed by atoms with Gasteiger partial charge in [0.2, 0.25) is 0 Å². The van der Waals surface area contributed by atoms with Gasteiger partial charge in [-0.2, -0.15) is 0 Å². The molecule has 0 saturated heterocycles. The fourth-order valence-corrected chi connectivity index (χ4v) is 0. The van der Waals surface area contributed by atoms with Crippen molar-refractivity contribution in [3.8, 4) is 0 Å². The van der Waals surface area contributed by atoms with Gasteiger partial charge in [0.1, 0.15) is 0 Å². The molecule has 0 amide bonds. The van der Waals surface area contributed by atoms with E-state index in [1.165, 1.54) is 0 Å². The molecule has 0 rings (SSSR count). The van der Waals surface area contributed by atoms with E-state index in [9.17, 15) is 20.4 Å². The van der Waals surface area contributed by atoms with Crippen molar-refractivity contribution < 1.29 is 81.4 Å². The Hall–Kier alpha value is 0.118. The summed E-state index contributed by atoms with van der Waals surface area (Å²) >= 11 is 0. The van der Waals surface area contributed by atoms with E-state index in [1.54, 1.807) is 55.4 Å². The maximum absolute atomic E-state index is 9.53. The van der Waals surface area contributed by atoms with E-state index >= 15 is 0 Å². The predicted octanol–water partition coefficient (Wildman–Crippen LogP) is -3.47. The molecule has 0 heterocycles. The van der Waals surface area contributed by atoms with Crippen molar-refractivity contribution in [2.45, 2.75) is 93.7 Å². The van der Waals surface area contributed by atoms with Crippen LogP contribution in [0.25, 0.3) is 0 Å². The number of rotatable bonds is 0. The first-order valence-corrected chi connectivity index (χ1v) is 7.38. The monoisotopic (exact) mass is 466 g/mol. The average molecular weight is 468 g/mol. The second kappa shape index (κ2) is 44.5. The fraction of sp³-hybridized carbons (Fsp3) is 0.875. The summed E-state index contributed by atoms with van der Waals surface area (Å²) in [6.45, 7) is 14.8. The molecular weight excluding hydrogens is 433 g/mol. The summed E-state index contributed by atoms with van der Waals surface area (Å²) in [6.07, 6.45) is -1.67. The Balaban J connectivity index is -0.0000000245. The SMILES string of the molecule is CC(=O)[O-].CC(=O)[O-].CC(C)[O-].CC(C)[O-].CC(C)[O-].CC(C)[O-].[Ti+4].[Zn+2]. The molecule has 0 radical (unpaired) electrons. The second-order valence-corrected chi connectivity index (χ2v) is 5.18. The van der Waals surface area contributed by atoms with E-state index in [1.807, 2.05) is 0 Å². The number of hydrogen-bond donors (Lipinski definition) is 0. The number of carbonyl (C=O) groups excluding carboxylic acids is 2. The molecular formula is C16H34O8TiZn. The van der Waals surface area contributed by atoms with Gasteiger partial charge in [-0.15, -0.1) is 24.4 Å². The summed E-state index contributed by atoms with van der Waals surface area (Å²) in [5, 5.41) is 55.9. The van der Waals surface area contributed by atoms with Gasteiger partial charge in [0.05, 0.1) is 0 Å². The van der Waals surface area contributed by atoms with Crippen LogP contribution in [0.4, 0.5) is 0 Å². The Morgan fingerprint density at radius 3 is 0.538 bits per heavy atom. The van der Waals surface area contributed by atoms with Crippen LogP contribution in [0.5, 0.6) is 0 Å². The molecule has 0 aliphatic heterocycles. The molecule has 0 atom stereocenters. The van der Waals surface area contributed by atoms with Gasteiger partial charge in [0.15, 0.2) is 0 Å². The van der Waals surface area contributed by atoms with Gasteiger partial charge in [-0.05, 0) is 13.8 Å². The third kappa shape index (κ3) is 931000. The molecule has 0 aromatic carbocycles. The molecule has 0 saturated carbocycles. The van der Waals surface area contributed by atoms with Crippen LogP contribution in [-0.2, 0) is 50.8 Å². The van der Waals surface area contributed by atoms with Crippen LogP contribution >= 0.6 is 0 Å². The minimum atomic E-state index is -1.08. The number of hydrogen-bond acceptors (Lipinski definition) is 8. The van der Waals surface area contributed by atoms with E-state index < -0.39 is 36.4 Å². The molecule has 0 aliphatic carbocycles. The Morgan fingerprint density at radius 2 is 0.538 bits per heavy atom. The number of aliphatic carboxylic acids is 2. The third-order valence-electron chi connectivity index (χ3n) is 0. The minimum Gasteiger partial charge on any atom is -0.852 e. The van der Waals surface area contributed by atoms with Crippen molar-refractivity contribution >= 4 is 11.9 Å². The van der Waals surface area contributed by atoms with Gasteiger partial charge in [-0.3, -0.25) is 0 Å². The normalized spacial score (nSPS) is 7.46. The zero-order chi connectivity index (χ0) is 21.5. The Morgan fingerprint density at radius 1 is 0.538 bits per heavy atom. The summed E-state index contributed by atoms with van der Waals surface area (Å²) < 4.78 is 0. The Labute approximate surface area is 186 Å². The average Bonchev–Trinajstić information content (AvgIpc) is 2.08. The van der Waals surface area contributed by atoms with Gasteiger partial charge in [0.25, 0.3) is 0 Å². The molecule has 0 unspecified atom stereocenters. The van der Waals surface area contributed by atoms with Crippen LogP contribution in [0, 0.1) is 0 Å². The molecule has 0 N–H and O–H groups in total. The van der Waals surface area contributed by atoms with Crippen LogP contribution in [-0.4, -0.2) is 36.4 Å². The Kier molecular flexibility index (Phi) is 85.9. The largest absolute Gasteiger partial charge is 4.00 e. The van der Waals surface area contributed by atoms with Crippen molar-refractivity contribution in [2.24, 2.45) is 0 Å². The summed E-state index contributed by atoms with van der Waals surface area (Å²) in [6, 6.07) is 0.